The molecule has 5 atom stereocenters. The van der Waals surface area contributed by atoms with Crippen molar-refractivity contribution in [3.63, 3.8) is 0 Å². The van der Waals surface area contributed by atoms with E-state index in [1.807, 2.05) is 6.92 Å². The Morgan fingerprint density at radius 2 is 1.39 bits per heavy atom. The Labute approximate surface area is 174 Å². The molecule has 0 amide bonds. The zero-order valence-corrected chi connectivity index (χ0v) is 17.3. The maximum Gasteiger partial charge on any atom is 0.422 e. The number of hydrogen-bond acceptors (Lipinski definition) is 7. The zero-order chi connectivity index (χ0) is 24.2. The first-order valence-electron chi connectivity index (χ1n) is 8.91. The van der Waals surface area contributed by atoms with Gasteiger partial charge in [-0.2, -0.15) is 34.8 Å². The van der Waals surface area contributed by atoms with Crippen LogP contribution in [-0.2, 0) is 33.4 Å². The van der Waals surface area contributed by atoms with Gasteiger partial charge in [0.15, 0.2) is 13.2 Å². The summed E-state index contributed by atoms with van der Waals surface area (Å²) < 4.78 is 110. The third-order valence-electron chi connectivity index (χ3n) is 4.85. The smallest absolute Gasteiger partial charge is 0.422 e. The Kier molecular flexibility index (Phi) is 8.94. The SMILES string of the molecule is C=CC.COS(=O)(=O)C1CC2CC1C(C(=O)OCC(F)(F)F)C2C(=O)OCC(F)(F)F. The second kappa shape index (κ2) is 10.2. The van der Waals surface area contributed by atoms with Crippen LogP contribution in [0, 0.1) is 23.7 Å². The predicted molar refractivity (Wildman–Crippen MR) is 92.8 cm³/mol. The molecule has 0 aromatic heterocycles. The van der Waals surface area contributed by atoms with Crippen molar-refractivity contribution < 1.29 is 58.0 Å². The van der Waals surface area contributed by atoms with Crippen molar-refractivity contribution in [1.29, 1.82) is 0 Å². The van der Waals surface area contributed by atoms with Gasteiger partial charge in [-0.1, -0.05) is 6.08 Å². The molecule has 2 rings (SSSR count). The van der Waals surface area contributed by atoms with Crippen LogP contribution >= 0.6 is 0 Å². The largest absolute Gasteiger partial charge is 0.456 e. The predicted octanol–water partition coefficient (Wildman–Crippen LogP) is 3.01. The summed E-state index contributed by atoms with van der Waals surface area (Å²) in [6.07, 6.45) is -8.25. The number of carbonyl (C=O) groups is 2. The van der Waals surface area contributed by atoms with E-state index in [1.165, 1.54) is 0 Å². The maximum absolute atomic E-state index is 12.3. The molecule has 0 aliphatic heterocycles. The van der Waals surface area contributed by atoms with Gasteiger partial charge in [0.25, 0.3) is 10.1 Å². The van der Waals surface area contributed by atoms with Crippen LogP contribution in [0.2, 0.25) is 0 Å². The van der Waals surface area contributed by atoms with Crippen molar-refractivity contribution in [3.8, 4) is 0 Å². The molecule has 2 aliphatic rings. The fourth-order valence-electron chi connectivity index (χ4n) is 3.92. The molecular weight excluding hydrogens is 462 g/mol. The number of hydrogen-bond donors (Lipinski definition) is 0. The number of allylic oxidation sites excluding steroid dienone is 1. The number of carbonyl (C=O) groups excluding carboxylic acids is 2. The molecule has 14 heteroatoms. The number of ether oxygens (including phenoxy) is 2. The Balaban J connectivity index is 0.00000151. The zero-order valence-electron chi connectivity index (χ0n) is 16.5. The van der Waals surface area contributed by atoms with E-state index in [1.54, 1.807) is 6.08 Å². The van der Waals surface area contributed by atoms with Crippen LogP contribution in [0.3, 0.4) is 0 Å². The van der Waals surface area contributed by atoms with E-state index in [-0.39, 0.29) is 12.8 Å². The molecule has 2 bridgehead atoms. The third kappa shape index (κ3) is 7.37. The highest BCUT2D eigenvalue weighted by Crippen LogP contribution is 2.55. The number of fused-ring (bicyclic) bond motifs is 2. The Morgan fingerprint density at radius 3 is 1.77 bits per heavy atom. The Bertz CT molecular complexity index is 762. The first-order valence-corrected chi connectivity index (χ1v) is 10.4. The lowest BCUT2D eigenvalue weighted by atomic mass is 9.79. The first-order chi connectivity index (χ1) is 14.1. The second-order valence-corrected chi connectivity index (χ2v) is 8.92. The van der Waals surface area contributed by atoms with Crippen molar-refractivity contribution in [2.45, 2.75) is 37.4 Å². The summed E-state index contributed by atoms with van der Waals surface area (Å²) in [6.45, 7) is 1.33. The molecule has 31 heavy (non-hydrogen) atoms. The lowest BCUT2D eigenvalue weighted by Gasteiger charge is -2.32. The van der Waals surface area contributed by atoms with Crippen molar-refractivity contribution >= 4 is 22.1 Å². The van der Waals surface area contributed by atoms with E-state index in [9.17, 15) is 44.3 Å². The number of alkyl halides is 6. The van der Waals surface area contributed by atoms with Gasteiger partial charge in [-0.15, -0.1) is 6.58 Å². The van der Waals surface area contributed by atoms with E-state index in [4.69, 9.17) is 0 Å². The molecule has 0 aromatic carbocycles. The lowest BCUT2D eigenvalue weighted by Crippen LogP contribution is -2.45. The van der Waals surface area contributed by atoms with Gasteiger partial charge in [0.05, 0.1) is 24.2 Å². The van der Waals surface area contributed by atoms with Crippen molar-refractivity contribution in [2.75, 3.05) is 20.3 Å². The molecule has 0 heterocycles. The molecule has 0 saturated heterocycles. The van der Waals surface area contributed by atoms with Crippen LogP contribution in [0.4, 0.5) is 26.3 Å². The van der Waals surface area contributed by atoms with Gasteiger partial charge in [-0.25, -0.2) is 0 Å². The van der Waals surface area contributed by atoms with Gasteiger partial charge in [0, 0.05) is 0 Å². The minimum absolute atomic E-state index is 0.0785. The summed E-state index contributed by atoms with van der Waals surface area (Å²) >= 11 is 0. The highest BCUT2D eigenvalue weighted by molar-refractivity contribution is 7.87. The second-order valence-electron chi connectivity index (χ2n) is 7.00. The van der Waals surface area contributed by atoms with Gasteiger partial charge in [-0.05, 0) is 31.6 Å². The molecule has 2 aliphatic carbocycles. The molecular formula is C17H22F6O7S. The fraction of sp³-hybridized carbons (Fsp3) is 0.765. The highest BCUT2D eigenvalue weighted by atomic mass is 32.2. The summed E-state index contributed by atoms with van der Waals surface area (Å²) in [5.41, 5.74) is 0. The summed E-state index contributed by atoms with van der Waals surface area (Å²) in [6, 6.07) is 0. The monoisotopic (exact) mass is 484 g/mol. The minimum Gasteiger partial charge on any atom is -0.456 e. The van der Waals surface area contributed by atoms with Crippen LogP contribution in [0.5, 0.6) is 0 Å². The molecule has 2 fully saturated rings. The number of halogens is 6. The molecule has 180 valence electrons. The third-order valence-corrected chi connectivity index (χ3v) is 6.60. The van der Waals surface area contributed by atoms with Crippen molar-refractivity contribution in [3.05, 3.63) is 12.7 Å². The Morgan fingerprint density at radius 1 is 0.968 bits per heavy atom. The normalized spacial score (nSPS) is 27.8. The van der Waals surface area contributed by atoms with Crippen molar-refractivity contribution in [2.24, 2.45) is 23.7 Å². The quantitative estimate of drug-likeness (QED) is 0.248. The van der Waals surface area contributed by atoms with Gasteiger partial charge >= 0.3 is 24.3 Å². The molecule has 2 saturated carbocycles. The summed E-state index contributed by atoms with van der Waals surface area (Å²) in [5, 5.41) is -1.29. The van der Waals surface area contributed by atoms with E-state index >= 15 is 0 Å². The average Bonchev–Trinajstić information content (AvgIpc) is 3.22. The number of rotatable bonds is 6. The summed E-state index contributed by atoms with van der Waals surface area (Å²) in [5.74, 6) is -8.18. The lowest BCUT2D eigenvalue weighted by molar-refractivity contribution is -0.198. The topological polar surface area (TPSA) is 96.0 Å². The molecule has 0 radical (unpaired) electrons. The van der Waals surface area contributed by atoms with Crippen LogP contribution in [0.1, 0.15) is 19.8 Å². The van der Waals surface area contributed by atoms with Gasteiger partial charge in [-0.3, -0.25) is 13.8 Å². The number of esters is 2. The van der Waals surface area contributed by atoms with Gasteiger partial charge < -0.3 is 9.47 Å². The Hall–Kier alpha value is -1.83. The van der Waals surface area contributed by atoms with Crippen LogP contribution in [0.15, 0.2) is 12.7 Å². The van der Waals surface area contributed by atoms with Gasteiger partial charge in [0.2, 0.25) is 0 Å². The van der Waals surface area contributed by atoms with Crippen LogP contribution < -0.4 is 0 Å². The summed E-state index contributed by atoms with van der Waals surface area (Å²) in [4.78, 5) is 24.3. The first kappa shape index (κ1) is 27.2. The average molecular weight is 484 g/mol. The molecule has 0 spiro atoms. The maximum atomic E-state index is 12.3. The molecule has 0 N–H and O–H groups in total. The summed E-state index contributed by atoms with van der Waals surface area (Å²) in [7, 11) is -3.33. The van der Waals surface area contributed by atoms with Crippen LogP contribution in [-0.4, -0.2) is 58.3 Å². The van der Waals surface area contributed by atoms with Crippen molar-refractivity contribution in [1.82, 2.24) is 0 Å². The van der Waals surface area contributed by atoms with E-state index in [0.29, 0.717) is 0 Å². The molecule has 5 unspecified atom stereocenters. The minimum atomic E-state index is -4.88. The molecule has 7 nitrogen and oxygen atoms in total. The fourth-order valence-corrected chi connectivity index (χ4v) is 5.35. The van der Waals surface area contributed by atoms with E-state index < -0.39 is 76.5 Å². The van der Waals surface area contributed by atoms with E-state index in [2.05, 4.69) is 20.2 Å². The highest BCUT2D eigenvalue weighted by Gasteiger charge is 2.62. The molecule has 0 aromatic rings. The van der Waals surface area contributed by atoms with E-state index in [0.717, 1.165) is 7.11 Å². The van der Waals surface area contributed by atoms with Crippen LogP contribution in [0.25, 0.3) is 0 Å². The van der Waals surface area contributed by atoms with Gasteiger partial charge in [0.1, 0.15) is 0 Å². The standard InChI is InChI=1S/C14H16F6O7S.C3H6/c1-25-28(23,24)8-3-6-2-7(8)10(12(22)27-5-14(18,19)20)9(6)11(21)26-4-13(15,16)17;1-3-2/h6-10H,2-5H2,1H3;3H,1H2,2H3.